The minimum Gasteiger partial charge on any atom is -0.361 e. The average Bonchev–Trinajstić information content (AvgIpc) is 3.45. The number of aromatic nitrogens is 1. The summed E-state index contributed by atoms with van der Waals surface area (Å²) in [6, 6.07) is 13.5. The van der Waals surface area contributed by atoms with Gasteiger partial charge in [-0.15, -0.1) is 0 Å². The number of carbonyl (C=O) groups excluding carboxylic acids is 5. The van der Waals surface area contributed by atoms with Crippen molar-refractivity contribution in [3.8, 4) is 0 Å². The molecule has 2 heterocycles. The predicted octanol–water partition coefficient (Wildman–Crippen LogP) is 2.80. The zero-order valence-electron chi connectivity index (χ0n) is 27.0. The Kier molecular flexibility index (Phi) is 12.9. The first-order valence-corrected chi connectivity index (χ1v) is 16.3. The largest absolute Gasteiger partial charge is 0.361 e. The van der Waals surface area contributed by atoms with Crippen molar-refractivity contribution in [2.45, 2.75) is 95.8 Å². The molecule has 0 radical (unpaired) electrons. The second-order valence-corrected chi connectivity index (χ2v) is 12.7. The molecule has 1 aliphatic rings. The Labute approximate surface area is 274 Å². The molecule has 3 aromatic rings. The number of carbonyl (C=O) groups is 5. The Morgan fingerprint density at radius 3 is 2.21 bits per heavy atom. The fourth-order valence-electron chi connectivity index (χ4n) is 6.01. The molecule has 1 saturated heterocycles. The molecule has 4 atom stereocenters. The highest BCUT2D eigenvalue weighted by Crippen LogP contribution is 2.20. The van der Waals surface area contributed by atoms with Gasteiger partial charge in [0, 0.05) is 48.8 Å². The minimum absolute atomic E-state index is 0.0267. The van der Waals surface area contributed by atoms with Crippen molar-refractivity contribution in [2.75, 3.05) is 0 Å². The third kappa shape index (κ3) is 10.7. The molecule has 0 bridgehead atoms. The van der Waals surface area contributed by atoms with Crippen LogP contribution in [-0.4, -0.2) is 63.9 Å². The topological polar surface area (TPSA) is 182 Å². The number of para-hydroxylation sites is 1. The molecule has 4 rings (SSSR count). The van der Waals surface area contributed by atoms with E-state index in [1.54, 1.807) is 5.48 Å². The van der Waals surface area contributed by atoms with Crippen molar-refractivity contribution >= 4 is 40.4 Å². The van der Waals surface area contributed by atoms with E-state index in [0.29, 0.717) is 25.7 Å². The highest BCUT2D eigenvalue weighted by Gasteiger charge is 2.33. The lowest BCUT2D eigenvalue weighted by Crippen LogP contribution is -2.57. The smallest absolute Gasteiger partial charge is 0.243 e. The van der Waals surface area contributed by atoms with E-state index in [4.69, 9.17) is 5.21 Å². The molecule has 0 saturated carbocycles. The van der Waals surface area contributed by atoms with Crippen LogP contribution in [0.15, 0.2) is 60.8 Å². The van der Waals surface area contributed by atoms with Crippen molar-refractivity contribution in [1.29, 1.82) is 0 Å². The Hall–Kier alpha value is -4.71. The molecule has 0 spiro atoms. The van der Waals surface area contributed by atoms with E-state index in [2.05, 4.69) is 26.3 Å². The molecule has 1 fully saturated rings. The lowest BCUT2D eigenvalue weighted by atomic mass is 9.98. The van der Waals surface area contributed by atoms with E-state index in [9.17, 15) is 24.0 Å². The van der Waals surface area contributed by atoms with Gasteiger partial charge in [-0.2, -0.15) is 0 Å². The summed E-state index contributed by atoms with van der Waals surface area (Å²) in [4.78, 5) is 69.6. The maximum absolute atomic E-state index is 13.9. The van der Waals surface area contributed by atoms with Gasteiger partial charge < -0.3 is 26.3 Å². The van der Waals surface area contributed by atoms with E-state index in [1.165, 1.54) is 0 Å². The summed E-state index contributed by atoms with van der Waals surface area (Å²) in [6.45, 7) is 4.01. The highest BCUT2D eigenvalue weighted by atomic mass is 16.5. The maximum atomic E-state index is 13.9. The first-order valence-electron chi connectivity index (χ1n) is 16.3. The molecule has 47 heavy (non-hydrogen) atoms. The molecular weight excluding hydrogens is 600 g/mol. The van der Waals surface area contributed by atoms with Gasteiger partial charge in [-0.3, -0.25) is 29.2 Å². The van der Waals surface area contributed by atoms with Crippen LogP contribution in [0.1, 0.15) is 69.9 Å². The highest BCUT2D eigenvalue weighted by molar-refractivity contribution is 5.95. The van der Waals surface area contributed by atoms with Gasteiger partial charge in [0.15, 0.2) is 0 Å². The molecule has 12 nitrogen and oxygen atoms in total. The summed E-state index contributed by atoms with van der Waals surface area (Å²) in [5.41, 5.74) is 4.19. The van der Waals surface area contributed by atoms with Crippen LogP contribution in [-0.2, 0) is 36.8 Å². The maximum Gasteiger partial charge on any atom is 0.243 e. The summed E-state index contributed by atoms with van der Waals surface area (Å²) < 4.78 is 0. The van der Waals surface area contributed by atoms with Gasteiger partial charge in [0.25, 0.3) is 0 Å². The fraction of sp³-hybridized carbons (Fsp3) is 0.457. The Bertz CT molecular complexity index is 1520. The standard InChI is InChI=1S/C35H46N6O6/c1-22(2)17-25-20-32(43)38-29(18-23-11-5-3-6-12-23)35(46)39-28(15-7-4-8-16-31(42)41-47)33(44)40-30(34(45)37-25)19-24-21-36-27-14-10-9-13-26(24)27/h3,5-6,9-14,21-22,25,28-30,36,47H,4,7-8,15-20H2,1-2H3,(H,37,45)(H,38,43)(H,39,46)(H,40,44)(H,41,42)/t25-,28-,29-,30-/m0/s1. The number of H-pyrrole nitrogens is 1. The number of rotatable bonds is 12. The second-order valence-electron chi connectivity index (χ2n) is 12.7. The molecule has 252 valence electrons. The van der Waals surface area contributed by atoms with E-state index >= 15 is 0 Å². The lowest BCUT2D eigenvalue weighted by Gasteiger charge is -2.25. The normalized spacial score (nSPS) is 21.1. The predicted molar refractivity (Wildman–Crippen MR) is 177 cm³/mol. The van der Waals surface area contributed by atoms with Gasteiger partial charge in [-0.1, -0.05) is 75.2 Å². The van der Waals surface area contributed by atoms with Crippen molar-refractivity contribution < 1.29 is 29.2 Å². The van der Waals surface area contributed by atoms with Crippen LogP contribution in [0.5, 0.6) is 0 Å². The van der Waals surface area contributed by atoms with Crippen molar-refractivity contribution in [3.63, 3.8) is 0 Å². The zero-order valence-corrected chi connectivity index (χ0v) is 27.0. The van der Waals surface area contributed by atoms with Crippen molar-refractivity contribution in [1.82, 2.24) is 31.7 Å². The SMILES string of the molecule is CC(C)C[C@H]1CC(=O)N[C@@H](Cc2ccccc2)C(=O)N[C@@H](CCCCCC(=O)NO)C(=O)N[C@@H](Cc2c[nH]c3ccccc23)C(=O)N1. The Balaban J connectivity index is 1.63. The number of fused-ring (bicyclic) bond motifs is 1. The number of nitrogens with one attached hydrogen (secondary N) is 6. The zero-order chi connectivity index (χ0) is 33.8. The molecule has 5 amide bonds. The first-order chi connectivity index (χ1) is 22.6. The van der Waals surface area contributed by atoms with Crippen LogP contribution >= 0.6 is 0 Å². The number of unbranched alkanes of at least 4 members (excludes halogenated alkanes) is 2. The molecule has 1 aromatic heterocycles. The molecule has 7 N–H and O–H groups in total. The van der Waals surface area contributed by atoms with Gasteiger partial charge in [0.05, 0.1) is 0 Å². The van der Waals surface area contributed by atoms with Crippen LogP contribution in [0.3, 0.4) is 0 Å². The van der Waals surface area contributed by atoms with Crippen molar-refractivity contribution in [2.24, 2.45) is 5.92 Å². The summed E-state index contributed by atoms with van der Waals surface area (Å²) in [7, 11) is 0. The number of amides is 5. The van der Waals surface area contributed by atoms with Crippen LogP contribution in [0.4, 0.5) is 0 Å². The Morgan fingerprint density at radius 1 is 0.809 bits per heavy atom. The number of benzene rings is 2. The molecule has 1 aliphatic heterocycles. The Morgan fingerprint density at radius 2 is 1.47 bits per heavy atom. The van der Waals surface area contributed by atoms with Crippen molar-refractivity contribution in [3.05, 3.63) is 71.9 Å². The van der Waals surface area contributed by atoms with E-state index < -0.39 is 47.8 Å². The molecule has 2 aromatic carbocycles. The third-order valence-electron chi connectivity index (χ3n) is 8.35. The molecule has 0 unspecified atom stereocenters. The van der Waals surface area contributed by atoms with Gasteiger partial charge in [-0.25, -0.2) is 5.48 Å². The number of hydrogen-bond donors (Lipinski definition) is 7. The van der Waals surface area contributed by atoms with Gasteiger partial charge >= 0.3 is 0 Å². The summed E-state index contributed by atoms with van der Waals surface area (Å²) in [6.07, 6.45) is 4.61. The van der Waals surface area contributed by atoms with Gasteiger partial charge in [-0.05, 0) is 42.4 Å². The first kappa shape index (κ1) is 35.1. The fourth-order valence-corrected chi connectivity index (χ4v) is 6.01. The van der Waals surface area contributed by atoms with Gasteiger partial charge in [0.2, 0.25) is 29.5 Å². The molecule has 0 aliphatic carbocycles. The monoisotopic (exact) mass is 646 g/mol. The lowest BCUT2D eigenvalue weighted by molar-refractivity contribution is -0.133. The van der Waals surface area contributed by atoms with E-state index in [1.807, 2.05) is 74.6 Å². The third-order valence-corrected chi connectivity index (χ3v) is 8.35. The van der Waals surface area contributed by atoms with Gasteiger partial charge in [0.1, 0.15) is 18.1 Å². The molecule has 12 heteroatoms. The van der Waals surface area contributed by atoms with Crippen LogP contribution in [0.2, 0.25) is 0 Å². The quantitative estimate of drug-likeness (QED) is 0.0903. The number of aromatic amines is 1. The number of hydrogen-bond acceptors (Lipinski definition) is 6. The van der Waals surface area contributed by atoms with E-state index in [0.717, 1.165) is 22.0 Å². The summed E-state index contributed by atoms with van der Waals surface area (Å²) in [5, 5.41) is 21.4. The van der Waals surface area contributed by atoms with Crippen LogP contribution in [0, 0.1) is 5.92 Å². The average molecular weight is 647 g/mol. The van der Waals surface area contributed by atoms with Crippen LogP contribution < -0.4 is 26.7 Å². The second kappa shape index (κ2) is 17.3. The summed E-state index contributed by atoms with van der Waals surface area (Å²) in [5.74, 6) is -2.15. The molecular formula is C35H46N6O6. The minimum atomic E-state index is -1.00. The van der Waals surface area contributed by atoms with Crippen LogP contribution in [0.25, 0.3) is 10.9 Å². The van der Waals surface area contributed by atoms with E-state index in [-0.39, 0.29) is 43.9 Å². The number of hydroxylamine groups is 1. The summed E-state index contributed by atoms with van der Waals surface area (Å²) >= 11 is 0.